The van der Waals surface area contributed by atoms with Gasteiger partial charge in [-0.2, -0.15) is 4.98 Å². The van der Waals surface area contributed by atoms with E-state index in [-0.39, 0.29) is 11.6 Å². The van der Waals surface area contributed by atoms with Crippen molar-refractivity contribution in [2.75, 3.05) is 5.73 Å². The van der Waals surface area contributed by atoms with E-state index in [1.165, 1.54) is 12.1 Å². The normalized spacial score (nSPS) is 10.7. The van der Waals surface area contributed by atoms with Crippen molar-refractivity contribution >= 4 is 5.69 Å². The Hall–Kier alpha value is -2.63. The fourth-order valence-corrected chi connectivity index (χ4v) is 1.58. The highest BCUT2D eigenvalue weighted by molar-refractivity contribution is 5.60. The summed E-state index contributed by atoms with van der Waals surface area (Å²) in [5, 5.41) is 3.82. The van der Waals surface area contributed by atoms with Crippen LogP contribution in [0.1, 0.15) is 0 Å². The Morgan fingerprint density at radius 1 is 1.28 bits per heavy atom. The summed E-state index contributed by atoms with van der Waals surface area (Å²) in [5.41, 5.74) is 6.72. The van der Waals surface area contributed by atoms with Crippen molar-refractivity contribution in [2.45, 2.75) is 0 Å². The summed E-state index contributed by atoms with van der Waals surface area (Å²) in [6, 6.07) is 8.00. The van der Waals surface area contributed by atoms with Crippen LogP contribution in [0, 0.1) is 5.82 Å². The molecule has 0 saturated heterocycles. The lowest BCUT2D eigenvalue weighted by atomic mass is 10.2. The number of nitrogen functional groups attached to an aromatic ring is 1. The van der Waals surface area contributed by atoms with E-state index in [2.05, 4.69) is 15.1 Å². The first kappa shape index (κ1) is 10.5. The van der Waals surface area contributed by atoms with Gasteiger partial charge in [-0.05, 0) is 30.3 Å². The molecule has 18 heavy (non-hydrogen) atoms. The molecule has 5 nitrogen and oxygen atoms in total. The third-order valence-electron chi connectivity index (χ3n) is 2.51. The highest BCUT2D eigenvalue weighted by Gasteiger charge is 2.12. The van der Waals surface area contributed by atoms with E-state index in [4.69, 9.17) is 10.3 Å². The first-order valence-corrected chi connectivity index (χ1v) is 5.27. The van der Waals surface area contributed by atoms with Gasteiger partial charge in [0.05, 0.1) is 11.4 Å². The topological polar surface area (TPSA) is 80.7 Å². The summed E-state index contributed by atoms with van der Waals surface area (Å²) >= 11 is 0. The fraction of sp³-hybridized carbons (Fsp3) is 0. The minimum absolute atomic E-state index is 0.0860. The number of nitrogens with zero attached hydrogens (tertiary/aromatic N) is 2. The Bertz CT molecular complexity index is 675. The van der Waals surface area contributed by atoms with Crippen molar-refractivity contribution in [3.63, 3.8) is 0 Å². The zero-order valence-corrected chi connectivity index (χ0v) is 9.22. The molecule has 0 amide bonds. The van der Waals surface area contributed by atoms with Crippen molar-refractivity contribution < 1.29 is 8.91 Å². The number of anilines is 1. The Labute approximate surface area is 101 Å². The molecule has 3 rings (SSSR count). The van der Waals surface area contributed by atoms with Crippen LogP contribution in [0.2, 0.25) is 0 Å². The van der Waals surface area contributed by atoms with Crippen LogP contribution < -0.4 is 5.73 Å². The number of nitrogens with one attached hydrogen (secondary N) is 1. The van der Waals surface area contributed by atoms with E-state index in [9.17, 15) is 4.39 Å². The average molecular weight is 244 g/mol. The van der Waals surface area contributed by atoms with Gasteiger partial charge in [0, 0.05) is 11.8 Å². The van der Waals surface area contributed by atoms with Crippen LogP contribution >= 0.6 is 0 Å². The first-order chi connectivity index (χ1) is 8.74. The Kier molecular flexibility index (Phi) is 2.33. The number of benzene rings is 1. The molecule has 0 aliphatic heterocycles. The van der Waals surface area contributed by atoms with Crippen molar-refractivity contribution in [1.29, 1.82) is 0 Å². The third kappa shape index (κ3) is 1.73. The molecule has 1 aromatic carbocycles. The summed E-state index contributed by atoms with van der Waals surface area (Å²) in [6.07, 6.45) is 1.76. The summed E-state index contributed by atoms with van der Waals surface area (Å²) in [5.74, 6) is 0.165. The monoisotopic (exact) mass is 244 g/mol. The van der Waals surface area contributed by atoms with Gasteiger partial charge in [0.1, 0.15) is 5.82 Å². The van der Waals surface area contributed by atoms with Crippen molar-refractivity contribution in [3.8, 4) is 23.0 Å². The van der Waals surface area contributed by atoms with Gasteiger partial charge in [0.25, 0.3) is 5.89 Å². The molecule has 0 bridgehead atoms. The van der Waals surface area contributed by atoms with Gasteiger partial charge in [-0.1, -0.05) is 5.16 Å². The predicted molar refractivity (Wildman–Crippen MR) is 63.9 cm³/mol. The van der Waals surface area contributed by atoms with Gasteiger partial charge < -0.3 is 15.2 Å². The molecule has 0 unspecified atom stereocenters. The first-order valence-electron chi connectivity index (χ1n) is 5.27. The molecule has 90 valence electrons. The molecule has 0 spiro atoms. The minimum atomic E-state index is -0.507. The second kappa shape index (κ2) is 3.99. The lowest BCUT2D eigenvalue weighted by Crippen LogP contribution is -1.90. The number of nitrogens with two attached hydrogens (primary N) is 1. The number of halogens is 1. The van der Waals surface area contributed by atoms with Gasteiger partial charge in [-0.15, -0.1) is 0 Å². The Morgan fingerprint density at radius 2 is 2.17 bits per heavy atom. The molecule has 2 aromatic heterocycles. The SMILES string of the molecule is Nc1ccc(-c2nc(-c3ccc[nH]3)no2)cc1F. The molecule has 0 saturated carbocycles. The van der Waals surface area contributed by atoms with Gasteiger partial charge in [0.15, 0.2) is 0 Å². The van der Waals surface area contributed by atoms with Crippen LogP contribution in [0.4, 0.5) is 10.1 Å². The predicted octanol–water partition coefficient (Wildman–Crippen LogP) is 2.45. The van der Waals surface area contributed by atoms with Crippen LogP contribution in [-0.2, 0) is 0 Å². The molecule has 6 heteroatoms. The van der Waals surface area contributed by atoms with E-state index >= 15 is 0 Å². The van der Waals surface area contributed by atoms with E-state index < -0.39 is 5.82 Å². The number of hydrogen-bond acceptors (Lipinski definition) is 4. The molecule has 0 aliphatic carbocycles. The molecular weight excluding hydrogens is 235 g/mol. The molecule has 0 radical (unpaired) electrons. The lowest BCUT2D eigenvalue weighted by molar-refractivity contribution is 0.432. The zero-order chi connectivity index (χ0) is 12.5. The second-order valence-electron chi connectivity index (χ2n) is 3.74. The molecule has 3 aromatic rings. The van der Waals surface area contributed by atoms with Crippen LogP contribution in [0.3, 0.4) is 0 Å². The van der Waals surface area contributed by atoms with Crippen LogP contribution in [0.5, 0.6) is 0 Å². The van der Waals surface area contributed by atoms with Gasteiger partial charge in [-0.25, -0.2) is 4.39 Å². The van der Waals surface area contributed by atoms with Crippen LogP contribution in [-0.4, -0.2) is 15.1 Å². The van der Waals surface area contributed by atoms with Gasteiger partial charge in [-0.3, -0.25) is 0 Å². The lowest BCUT2D eigenvalue weighted by Gasteiger charge is -1.97. The number of aromatic amines is 1. The molecule has 0 fully saturated rings. The largest absolute Gasteiger partial charge is 0.396 e. The van der Waals surface area contributed by atoms with E-state index in [1.54, 1.807) is 12.3 Å². The molecular formula is C12H9FN4O. The van der Waals surface area contributed by atoms with Crippen molar-refractivity contribution in [3.05, 3.63) is 42.3 Å². The highest BCUT2D eigenvalue weighted by Crippen LogP contribution is 2.23. The maximum absolute atomic E-state index is 13.3. The minimum Gasteiger partial charge on any atom is -0.396 e. The maximum Gasteiger partial charge on any atom is 0.258 e. The smallest absolute Gasteiger partial charge is 0.258 e. The molecule has 2 heterocycles. The molecule has 3 N–H and O–H groups in total. The molecule has 0 atom stereocenters. The standard InChI is InChI=1S/C12H9FN4O/c13-8-6-7(3-4-9(8)14)12-16-11(17-18-12)10-2-1-5-15-10/h1-6,15H,14H2. The van der Waals surface area contributed by atoms with Crippen molar-refractivity contribution in [2.24, 2.45) is 0 Å². The maximum atomic E-state index is 13.3. The quantitative estimate of drug-likeness (QED) is 0.678. The Morgan fingerprint density at radius 3 is 2.89 bits per heavy atom. The zero-order valence-electron chi connectivity index (χ0n) is 9.22. The van der Waals surface area contributed by atoms with Crippen LogP contribution in [0.15, 0.2) is 41.1 Å². The Balaban J connectivity index is 2.00. The second-order valence-corrected chi connectivity index (χ2v) is 3.74. The summed E-state index contributed by atoms with van der Waals surface area (Å²) in [4.78, 5) is 7.14. The highest BCUT2D eigenvalue weighted by atomic mass is 19.1. The third-order valence-corrected chi connectivity index (χ3v) is 2.51. The summed E-state index contributed by atoms with van der Waals surface area (Å²) in [6.45, 7) is 0. The average Bonchev–Trinajstić information content (AvgIpc) is 3.01. The van der Waals surface area contributed by atoms with E-state index in [0.29, 0.717) is 11.4 Å². The van der Waals surface area contributed by atoms with Crippen molar-refractivity contribution in [1.82, 2.24) is 15.1 Å². The summed E-state index contributed by atoms with van der Waals surface area (Å²) in [7, 11) is 0. The fourth-order valence-electron chi connectivity index (χ4n) is 1.58. The van der Waals surface area contributed by atoms with Gasteiger partial charge >= 0.3 is 0 Å². The summed E-state index contributed by atoms with van der Waals surface area (Å²) < 4.78 is 18.4. The van der Waals surface area contributed by atoms with E-state index in [0.717, 1.165) is 5.69 Å². The van der Waals surface area contributed by atoms with E-state index in [1.807, 2.05) is 12.1 Å². The number of rotatable bonds is 2. The number of hydrogen-bond donors (Lipinski definition) is 2. The molecule has 0 aliphatic rings. The number of aromatic nitrogens is 3. The van der Waals surface area contributed by atoms with Gasteiger partial charge in [0.2, 0.25) is 5.82 Å². The van der Waals surface area contributed by atoms with Crippen LogP contribution in [0.25, 0.3) is 23.0 Å². The number of H-pyrrole nitrogens is 1.